The highest BCUT2D eigenvalue weighted by molar-refractivity contribution is 6.32. The summed E-state index contributed by atoms with van der Waals surface area (Å²) in [6.07, 6.45) is 0. The Morgan fingerprint density at radius 3 is 2.63 bits per heavy atom. The van der Waals surface area contributed by atoms with E-state index >= 15 is 0 Å². The van der Waals surface area contributed by atoms with Gasteiger partial charge in [0.15, 0.2) is 0 Å². The Morgan fingerprint density at radius 1 is 1.11 bits per heavy atom. The topological polar surface area (TPSA) is 27.1 Å². The van der Waals surface area contributed by atoms with Crippen LogP contribution in [0.3, 0.4) is 0 Å². The number of halogens is 1. The van der Waals surface area contributed by atoms with Gasteiger partial charge in [-0.05, 0) is 24.3 Å². The molecule has 19 heavy (non-hydrogen) atoms. The molecular formula is C15H13ClN2O. The smallest absolute Gasteiger partial charge is 0.147 e. The third-order valence-electron chi connectivity index (χ3n) is 3.07. The van der Waals surface area contributed by atoms with Gasteiger partial charge in [0.25, 0.3) is 0 Å². The quantitative estimate of drug-likeness (QED) is 0.725. The first-order chi connectivity index (χ1) is 9.25. The number of aryl methyl sites for hydroxylation is 1. The Balaban J connectivity index is 1.86. The van der Waals surface area contributed by atoms with Crippen LogP contribution in [0.4, 0.5) is 0 Å². The Hall–Kier alpha value is -2.00. The molecule has 0 aliphatic rings. The van der Waals surface area contributed by atoms with Crippen molar-refractivity contribution in [3.63, 3.8) is 0 Å². The van der Waals surface area contributed by atoms with Gasteiger partial charge in [0.2, 0.25) is 0 Å². The molecular weight excluding hydrogens is 260 g/mol. The standard InChI is InChI=1S/C15H13ClN2O/c1-18-13-8-4-3-7-12(13)17-15(18)10-19-14-9-5-2-6-11(14)16/h2-9H,10H2,1H3. The van der Waals surface area contributed by atoms with Crippen LogP contribution in [0.1, 0.15) is 5.82 Å². The van der Waals surface area contributed by atoms with Crippen molar-refractivity contribution >= 4 is 22.6 Å². The third kappa shape index (κ3) is 2.29. The van der Waals surface area contributed by atoms with Crippen molar-refractivity contribution in [1.29, 1.82) is 0 Å². The average molecular weight is 273 g/mol. The maximum Gasteiger partial charge on any atom is 0.147 e. The van der Waals surface area contributed by atoms with Crippen molar-refractivity contribution < 1.29 is 4.74 Å². The number of hydrogen-bond donors (Lipinski definition) is 0. The molecule has 0 aliphatic carbocycles. The van der Waals surface area contributed by atoms with Gasteiger partial charge < -0.3 is 9.30 Å². The fourth-order valence-electron chi connectivity index (χ4n) is 2.03. The lowest BCUT2D eigenvalue weighted by molar-refractivity contribution is 0.292. The molecule has 0 bridgehead atoms. The van der Waals surface area contributed by atoms with Crippen LogP contribution in [-0.2, 0) is 13.7 Å². The lowest BCUT2D eigenvalue weighted by atomic mass is 10.3. The summed E-state index contributed by atoms with van der Waals surface area (Å²) in [6.45, 7) is 0.398. The molecule has 3 aromatic rings. The van der Waals surface area contributed by atoms with E-state index in [1.807, 2.05) is 60.1 Å². The molecule has 0 saturated heterocycles. The zero-order valence-electron chi connectivity index (χ0n) is 10.5. The summed E-state index contributed by atoms with van der Waals surface area (Å²) >= 11 is 6.06. The number of ether oxygens (including phenoxy) is 1. The van der Waals surface area contributed by atoms with Gasteiger partial charge in [0, 0.05) is 7.05 Å². The molecule has 0 radical (unpaired) electrons. The van der Waals surface area contributed by atoms with E-state index in [9.17, 15) is 0 Å². The van der Waals surface area contributed by atoms with Gasteiger partial charge in [-0.15, -0.1) is 0 Å². The number of para-hydroxylation sites is 3. The molecule has 3 nitrogen and oxygen atoms in total. The fourth-order valence-corrected chi connectivity index (χ4v) is 2.22. The van der Waals surface area contributed by atoms with Gasteiger partial charge in [0.1, 0.15) is 18.2 Å². The van der Waals surface area contributed by atoms with Gasteiger partial charge >= 0.3 is 0 Å². The molecule has 4 heteroatoms. The maximum absolute atomic E-state index is 6.06. The van der Waals surface area contributed by atoms with E-state index in [0.717, 1.165) is 16.9 Å². The zero-order valence-corrected chi connectivity index (χ0v) is 11.3. The third-order valence-corrected chi connectivity index (χ3v) is 3.39. The minimum Gasteiger partial charge on any atom is -0.484 e. The summed E-state index contributed by atoms with van der Waals surface area (Å²) in [7, 11) is 1.99. The summed E-state index contributed by atoms with van der Waals surface area (Å²) in [5, 5.41) is 0.612. The second kappa shape index (κ2) is 4.94. The molecule has 0 N–H and O–H groups in total. The number of imidazole rings is 1. The van der Waals surface area contributed by atoms with Crippen LogP contribution in [-0.4, -0.2) is 9.55 Å². The van der Waals surface area contributed by atoms with Crippen LogP contribution in [0.15, 0.2) is 48.5 Å². The zero-order chi connectivity index (χ0) is 13.2. The molecule has 96 valence electrons. The summed E-state index contributed by atoms with van der Waals surface area (Å²) in [6, 6.07) is 15.5. The predicted molar refractivity (Wildman–Crippen MR) is 76.5 cm³/mol. The monoisotopic (exact) mass is 272 g/mol. The lowest BCUT2D eigenvalue weighted by Crippen LogP contribution is -2.03. The summed E-state index contributed by atoms with van der Waals surface area (Å²) < 4.78 is 7.75. The Bertz CT molecular complexity index is 721. The molecule has 0 spiro atoms. The molecule has 0 aliphatic heterocycles. The molecule has 0 saturated carbocycles. The van der Waals surface area contributed by atoms with Gasteiger partial charge in [0.05, 0.1) is 16.1 Å². The lowest BCUT2D eigenvalue weighted by Gasteiger charge is -2.07. The molecule has 3 rings (SSSR count). The minimum atomic E-state index is 0.398. The van der Waals surface area contributed by atoms with E-state index < -0.39 is 0 Å². The van der Waals surface area contributed by atoms with Gasteiger partial charge in [-0.3, -0.25) is 0 Å². The molecule has 2 aromatic carbocycles. The normalized spacial score (nSPS) is 10.8. The first kappa shape index (κ1) is 12.1. The van der Waals surface area contributed by atoms with Crippen LogP contribution in [0.5, 0.6) is 5.75 Å². The number of hydrogen-bond acceptors (Lipinski definition) is 2. The van der Waals surface area contributed by atoms with E-state index in [2.05, 4.69) is 4.98 Å². The first-order valence-corrected chi connectivity index (χ1v) is 6.41. The summed E-state index contributed by atoms with van der Waals surface area (Å²) in [4.78, 5) is 4.55. The summed E-state index contributed by atoms with van der Waals surface area (Å²) in [5.41, 5.74) is 2.07. The predicted octanol–water partition coefficient (Wildman–Crippen LogP) is 3.81. The van der Waals surface area contributed by atoms with Gasteiger partial charge in [-0.25, -0.2) is 4.98 Å². The van der Waals surface area contributed by atoms with Gasteiger partial charge in [-0.1, -0.05) is 35.9 Å². The largest absolute Gasteiger partial charge is 0.484 e. The molecule has 1 heterocycles. The molecule has 0 unspecified atom stereocenters. The van der Waals surface area contributed by atoms with Crippen molar-refractivity contribution in [3.8, 4) is 5.75 Å². The second-order valence-electron chi connectivity index (χ2n) is 4.29. The van der Waals surface area contributed by atoms with Crippen LogP contribution >= 0.6 is 11.6 Å². The Labute approximate surface area is 116 Å². The second-order valence-corrected chi connectivity index (χ2v) is 4.70. The van der Waals surface area contributed by atoms with Crippen molar-refractivity contribution in [2.45, 2.75) is 6.61 Å². The minimum absolute atomic E-state index is 0.398. The molecule has 0 amide bonds. The highest BCUT2D eigenvalue weighted by Crippen LogP contribution is 2.24. The SMILES string of the molecule is Cn1c(COc2ccccc2Cl)nc2ccccc21. The van der Waals surface area contributed by atoms with E-state index in [-0.39, 0.29) is 0 Å². The number of fused-ring (bicyclic) bond motifs is 1. The van der Waals surface area contributed by atoms with E-state index in [0.29, 0.717) is 17.4 Å². The fraction of sp³-hybridized carbons (Fsp3) is 0.133. The van der Waals surface area contributed by atoms with Crippen LogP contribution < -0.4 is 4.74 Å². The van der Waals surface area contributed by atoms with E-state index in [1.54, 1.807) is 0 Å². The Morgan fingerprint density at radius 2 is 1.84 bits per heavy atom. The van der Waals surface area contributed by atoms with Crippen molar-refractivity contribution in [3.05, 3.63) is 59.4 Å². The molecule has 0 atom stereocenters. The van der Waals surface area contributed by atoms with Crippen molar-refractivity contribution in [1.82, 2.24) is 9.55 Å². The van der Waals surface area contributed by atoms with Crippen molar-refractivity contribution in [2.75, 3.05) is 0 Å². The van der Waals surface area contributed by atoms with E-state index in [4.69, 9.17) is 16.3 Å². The van der Waals surface area contributed by atoms with Gasteiger partial charge in [-0.2, -0.15) is 0 Å². The number of benzene rings is 2. The highest BCUT2D eigenvalue weighted by Gasteiger charge is 2.08. The molecule has 0 fully saturated rings. The number of aromatic nitrogens is 2. The van der Waals surface area contributed by atoms with E-state index in [1.165, 1.54) is 0 Å². The van der Waals surface area contributed by atoms with Crippen LogP contribution in [0, 0.1) is 0 Å². The number of rotatable bonds is 3. The number of nitrogens with zero attached hydrogens (tertiary/aromatic N) is 2. The highest BCUT2D eigenvalue weighted by atomic mass is 35.5. The maximum atomic E-state index is 6.06. The van der Waals surface area contributed by atoms with Crippen molar-refractivity contribution in [2.24, 2.45) is 7.05 Å². The first-order valence-electron chi connectivity index (χ1n) is 6.03. The Kier molecular flexibility index (Phi) is 3.13. The average Bonchev–Trinajstić information content (AvgIpc) is 2.75. The summed E-state index contributed by atoms with van der Waals surface area (Å²) in [5.74, 6) is 1.55. The van der Waals surface area contributed by atoms with Crippen LogP contribution in [0.25, 0.3) is 11.0 Å². The molecule has 1 aromatic heterocycles. The van der Waals surface area contributed by atoms with Crippen LogP contribution in [0.2, 0.25) is 5.02 Å².